The number of nitrogens with one attached hydrogen (secondary N) is 1. The van der Waals surface area contributed by atoms with Crippen LogP contribution in [0.25, 0.3) is 0 Å². The van der Waals surface area contributed by atoms with Crippen molar-refractivity contribution in [1.29, 1.82) is 0 Å². The number of ether oxygens (including phenoxy) is 1. The Bertz CT molecular complexity index is 181. The summed E-state index contributed by atoms with van der Waals surface area (Å²) < 4.78 is 5.64. The van der Waals surface area contributed by atoms with Gasteiger partial charge in [-0.15, -0.1) is 0 Å². The topological polar surface area (TPSA) is 24.5 Å². The van der Waals surface area contributed by atoms with Crippen molar-refractivity contribution in [2.75, 3.05) is 39.3 Å². The van der Waals surface area contributed by atoms with E-state index in [1.807, 2.05) is 0 Å². The largest absolute Gasteiger partial charge is 0.378 e. The van der Waals surface area contributed by atoms with Crippen LogP contribution in [0.4, 0.5) is 0 Å². The highest BCUT2D eigenvalue weighted by atomic mass is 16.5. The summed E-state index contributed by atoms with van der Waals surface area (Å²) in [7, 11) is 0. The number of piperidine rings is 1. The van der Waals surface area contributed by atoms with E-state index in [2.05, 4.69) is 24.1 Å². The molecule has 1 aliphatic heterocycles. The average molecular weight is 256 g/mol. The van der Waals surface area contributed by atoms with Crippen molar-refractivity contribution in [3.8, 4) is 0 Å². The lowest BCUT2D eigenvalue weighted by Crippen LogP contribution is -2.32. The van der Waals surface area contributed by atoms with Gasteiger partial charge in [0.2, 0.25) is 0 Å². The first-order chi connectivity index (χ1) is 8.83. The molecule has 0 aliphatic carbocycles. The van der Waals surface area contributed by atoms with Gasteiger partial charge in [0, 0.05) is 6.61 Å². The van der Waals surface area contributed by atoms with E-state index in [0.29, 0.717) is 6.10 Å². The van der Waals surface area contributed by atoms with Crippen LogP contribution in [0.3, 0.4) is 0 Å². The lowest BCUT2D eigenvalue weighted by atomic mass is 10.1. The normalized spacial score (nSPS) is 19.0. The van der Waals surface area contributed by atoms with E-state index in [9.17, 15) is 0 Å². The van der Waals surface area contributed by atoms with Gasteiger partial charge in [0.15, 0.2) is 0 Å². The average Bonchev–Trinajstić information content (AvgIpc) is 2.42. The Hall–Kier alpha value is -0.120. The molecule has 1 heterocycles. The Morgan fingerprint density at radius 1 is 1.11 bits per heavy atom. The minimum absolute atomic E-state index is 0.420. The molecule has 0 aromatic rings. The molecule has 1 N–H and O–H groups in total. The fourth-order valence-corrected chi connectivity index (χ4v) is 2.34. The van der Waals surface area contributed by atoms with Crippen molar-refractivity contribution >= 4 is 0 Å². The molecule has 3 nitrogen and oxygen atoms in total. The second-order valence-corrected chi connectivity index (χ2v) is 5.45. The monoisotopic (exact) mass is 256 g/mol. The lowest BCUT2D eigenvalue weighted by Gasteiger charge is -2.26. The third-order valence-corrected chi connectivity index (χ3v) is 3.75. The molecular formula is C15H32N2O. The van der Waals surface area contributed by atoms with Crippen molar-refractivity contribution in [3.63, 3.8) is 0 Å². The molecule has 1 rings (SSSR count). The summed E-state index contributed by atoms with van der Waals surface area (Å²) in [6, 6.07) is 0. The summed E-state index contributed by atoms with van der Waals surface area (Å²) in [5.74, 6) is 0. The molecule has 3 heteroatoms. The highest BCUT2D eigenvalue weighted by Gasteiger charge is 2.08. The molecule has 0 amide bonds. The van der Waals surface area contributed by atoms with Gasteiger partial charge in [-0.3, -0.25) is 0 Å². The van der Waals surface area contributed by atoms with E-state index >= 15 is 0 Å². The first-order valence-corrected chi connectivity index (χ1v) is 7.87. The Morgan fingerprint density at radius 2 is 1.83 bits per heavy atom. The zero-order valence-electron chi connectivity index (χ0n) is 12.4. The summed E-state index contributed by atoms with van der Waals surface area (Å²) in [6.45, 7) is 11.4. The summed E-state index contributed by atoms with van der Waals surface area (Å²) >= 11 is 0. The summed E-state index contributed by atoms with van der Waals surface area (Å²) in [4.78, 5) is 2.61. The highest BCUT2D eigenvalue weighted by molar-refractivity contribution is 4.64. The minimum Gasteiger partial charge on any atom is -0.378 e. The second-order valence-electron chi connectivity index (χ2n) is 5.45. The molecular weight excluding hydrogens is 224 g/mol. The molecule has 1 saturated heterocycles. The number of hydrogen-bond acceptors (Lipinski definition) is 3. The van der Waals surface area contributed by atoms with Crippen LogP contribution in [-0.4, -0.2) is 50.3 Å². The van der Waals surface area contributed by atoms with E-state index in [1.54, 1.807) is 0 Å². The second kappa shape index (κ2) is 10.8. The minimum atomic E-state index is 0.420. The molecule has 0 aromatic heterocycles. The molecule has 0 aromatic carbocycles. The van der Waals surface area contributed by atoms with E-state index in [4.69, 9.17) is 4.74 Å². The van der Waals surface area contributed by atoms with Crippen LogP contribution in [0.5, 0.6) is 0 Å². The van der Waals surface area contributed by atoms with Gasteiger partial charge in [0.25, 0.3) is 0 Å². The van der Waals surface area contributed by atoms with Crippen LogP contribution in [0, 0.1) is 0 Å². The quantitative estimate of drug-likeness (QED) is 0.608. The third-order valence-electron chi connectivity index (χ3n) is 3.75. The van der Waals surface area contributed by atoms with E-state index in [-0.39, 0.29) is 0 Å². The van der Waals surface area contributed by atoms with Gasteiger partial charge < -0.3 is 15.0 Å². The molecule has 1 fully saturated rings. The first-order valence-electron chi connectivity index (χ1n) is 7.87. The lowest BCUT2D eigenvalue weighted by molar-refractivity contribution is 0.0620. The zero-order valence-corrected chi connectivity index (χ0v) is 12.4. The molecule has 0 spiro atoms. The Morgan fingerprint density at radius 3 is 2.56 bits per heavy atom. The maximum absolute atomic E-state index is 5.64. The van der Waals surface area contributed by atoms with Gasteiger partial charge >= 0.3 is 0 Å². The summed E-state index contributed by atoms with van der Waals surface area (Å²) in [5, 5.41) is 3.51. The number of nitrogens with zero attached hydrogens (tertiary/aromatic N) is 1. The Kier molecular flexibility index (Phi) is 9.54. The van der Waals surface area contributed by atoms with Gasteiger partial charge in [0.1, 0.15) is 0 Å². The number of rotatable bonds is 10. The maximum Gasteiger partial charge on any atom is 0.0544 e. The van der Waals surface area contributed by atoms with Crippen molar-refractivity contribution in [2.45, 2.75) is 58.5 Å². The van der Waals surface area contributed by atoms with Crippen LogP contribution >= 0.6 is 0 Å². The molecule has 0 radical (unpaired) electrons. The fourth-order valence-electron chi connectivity index (χ4n) is 2.34. The molecule has 18 heavy (non-hydrogen) atoms. The smallest absolute Gasteiger partial charge is 0.0544 e. The summed E-state index contributed by atoms with van der Waals surface area (Å²) in [5.41, 5.74) is 0. The summed E-state index contributed by atoms with van der Waals surface area (Å²) in [6.07, 6.45) is 8.19. The predicted molar refractivity (Wildman–Crippen MR) is 78.1 cm³/mol. The van der Waals surface area contributed by atoms with Crippen molar-refractivity contribution in [3.05, 3.63) is 0 Å². The zero-order chi connectivity index (χ0) is 13.1. The highest BCUT2D eigenvalue weighted by Crippen LogP contribution is 2.08. The number of likely N-dealkylation sites (tertiary alicyclic amines) is 1. The molecule has 1 unspecified atom stereocenters. The van der Waals surface area contributed by atoms with Gasteiger partial charge in [-0.25, -0.2) is 0 Å². The maximum atomic E-state index is 5.64. The van der Waals surface area contributed by atoms with Crippen LogP contribution in [0.1, 0.15) is 52.4 Å². The SMILES string of the molecule is CCC(C)OCCCNCCCN1CCCCC1. The standard InChI is InChI=1S/C15H32N2O/c1-3-15(2)18-14-8-10-16-9-7-13-17-11-5-4-6-12-17/h15-16H,3-14H2,1-2H3. The van der Waals surface area contributed by atoms with Crippen LogP contribution < -0.4 is 5.32 Å². The molecule has 0 saturated carbocycles. The molecule has 1 aliphatic rings. The van der Waals surface area contributed by atoms with Crippen LogP contribution in [0.15, 0.2) is 0 Å². The van der Waals surface area contributed by atoms with Crippen molar-refractivity contribution < 1.29 is 4.74 Å². The van der Waals surface area contributed by atoms with Crippen LogP contribution in [-0.2, 0) is 4.74 Å². The molecule has 0 bridgehead atoms. The van der Waals surface area contributed by atoms with Crippen molar-refractivity contribution in [1.82, 2.24) is 10.2 Å². The predicted octanol–water partition coefficient (Wildman–Crippen LogP) is 2.66. The fraction of sp³-hybridized carbons (Fsp3) is 1.00. The van der Waals surface area contributed by atoms with E-state index < -0.39 is 0 Å². The van der Waals surface area contributed by atoms with Gasteiger partial charge in [-0.05, 0) is 71.8 Å². The Labute approximate surface area is 113 Å². The van der Waals surface area contributed by atoms with E-state index in [0.717, 1.165) is 32.5 Å². The first kappa shape index (κ1) is 15.9. The molecule has 1 atom stereocenters. The van der Waals surface area contributed by atoms with E-state index in [1.165, 1.54) is 45.3 Å². The van der Waals surface area contributed by atoms with Crippen LogP contribution in [0.2, 0.25) is 0 Å². The van der Waals surface area contributed by atoms with Gasteiger partial charge in [-0.1, -0.05) is 13.3 Å². The van der Waals surface area contributed by atoms with Gasteiger partial charge in [0.05, 0.1) is 6.10 Å². The molecule has 108 valence electrons. The third kappa shape index (κ3) is 8.06. The number of hydrogen-bond donors (Lipinski definition) is 1. The van der Waals surface area contributed by atoms with Gasteiger partial charge in [-0.2, -0.15) is 0 Å². The Balaban J connectivity index is 1.78. The van der Waals surface area contributed by atoms with Crippen molar-refractivity contribution in [2.24, 2.45) is 0 Å².